The highest BCUT2D eigenvalue weighted by atomic mass is 35.5. The van der Waals surface area contributed by atoms with Crippen LogP contribution in [0.2, 0.25) is 15.1 Å². The van der Waals surface area contributed by atoms with E-state index >= 15 is 0 Å². The van der Waals surface area contributed by atoms with Gasteiger partial charge in [-0.15, -0.1) is 10.2 Å². The molecule has 0 atom stereocenters. The molecule has 0 bridgehead atoms. The zero-order valence-corrected chi connectivity index (χ0v) is 19.4. The molecule has 0 radical (unpaired) electrons. The van der Waals surface area contributed by atoms with Gasteiger partial charge in [-0.1, -0.05) is 46.9 Å². The van der Waals surface area contributed by atoms with Crippen molar-refractivity contribution < 1.29 is 9.53 Å². The standard InChI is InChI=1S/C23H21Cl3N4O2/c24-17-12-19(26)21(13-18(17)25)32-14-23(31)27-16-6-4-5-15(11-16)20-7-8-22(29-28-20)30-9-2-1-3-10-30/h4-8,11-13H,1-3,9-10,14H2,(H,27,31). The molecule has 1 aliphatic rings. The van der Waals surface area contributed by atoms with Crippen molar-refractivity contribution in [2.45, 2.75) is 19.3 Å². The Hall–Kier alpha value is -2.54. The quantitative estimate of drug-likeness (QED) is 0.421. The van der Waals surface area contributed by atoms with E-state index in [0.717, 1.165) is 30.2 Å². The second kappa shape index (κ2) is 10.4. The van der Waals surface area contributed by atoms with Crippen LogP contribution in [0, 0.1) is 0 Å². The summed E-state index contributed by atoms with van der Waals surface area (Å²) < 4.78 is 5.48. The first kappa shape index (κ1) is 22.6. The van der Waals surface area contributed by atoms with Crippen molar-refractivity contribution >= 4 is 52.2 Å². The van der Waals surface area contributed by atoms with Crippen molar-refractivity contribution in [1.29, 1.82) is 0 Å². The molecule has 32 heavy (non-hydrogen) atoms. The summed E-state index contributed by atoms with van der Waals surface area (Å²) in [5.41, 5.74) is 2.22. The maximum atomic E-state index is 12.3. The Balaban J connectivity index is 1.38. The van der Waals surface area contributed by atoms with E-state index in [1.165, 1.54) is 31.4 Å². The van der Waals surface area contributed by atoms with Gasteiger partial charge in [-0.25, -0.2) is 0 Å². The molecule has 6 nitrogen and oxygen atoms in total. The van der Waals surface area contributed by atoms with E-state index in [4.69, 9.17) is 39.5 Å². The second-order valence-electron chi connectivity index (χ2n) is 7.44. The van der Waals surface area contributed by atoms with Crippen LogP contribution in [0.1, 0.15) is 19.3 Å². The van der Waals surface area contributed by atoms with Crippen molar-refractivity contribution in [1.82, 2.24) is 10.2 Å². The molecule has 1 aliphatic heterocycles. The predicted octanol–water partition coefficient (Wildman–Crippen LogP) is 6.11. The van der Waals surface area contributed by atoms with E-state index in [2.05, 4.69) is 20.4 Å². The number of halogens is 3. The molecule has 1 aromatic heterocycles. The Kier molecular flexibility index (Phi) is 7.35. The molecule has 1 saturated heterocycles. The van der Waals surface area contributed by atoms with Crippen LogP contribution in [0.4, 0.5) is 11.5 Å². The van der Waals surface area contributed by atoms with Crippen LogP contribution >= 0.6 is 34.8 Å². The minimum atomic E-state index is -0.337. The second-order valence-corrected chi connectivity index (χ2v) is 8.66. The third-order valence-electron chi connectivity index (χ3n) is 5.11. The van der Waals surface area contributed by atoms with Gasteiger partial charge in [0.15, 0.2) is 12.4 Å². The minimum absolute atomic E-state index is 0.230. The smallest absolute Gasteiger partial charge is 0.262 e. The molecule has 0 spiro atoms. The molecule has 9 heteroatoms. The van der Waals surface area contributed by atoms with Gasteiger partial charge in [0.2, 0.25) is 0 Å². The number of nitrogens with zero attached hydrogens (tertiary/aromatic N) is 3. The van der Waals surface area contributed by atoms with Gasteiger partial charge in [0.25, 0.3) is 5.91 Å². The SMILES string of the molecule is O=C(COc1cc(Cl)c(Cl)cc1Cl)Nc1cccc(-c2ccc(N3CCCCC3)nn2)c1. The van der Waals surface area contributed by atoms with Gasteiger partial charge in [0, 0.05) is 30.4 Å². The van der Waals surface area contributed by atoms with E-state index in [1.807, 2.05) is 30.3 Å². The maximum Gasteiger partial charge on any atom is 0.262 e. The van der Waals surface area contributed by atoms with Gasteiger partial charge in [-0.3, -0.25) is 4.79 Å². The Morgan fingerprint density at radius 2 is 1.72 bits per heavy atom. The monoisotopic (exact) mass is 490 g/mol. The first-order valence-electron chi connectivity index (χ1n) is 10.3. The highest BCUT2D eigenvalue weighted by Crippen LogP contribution is 2.33. The Bertz CT molecular complexity index is 1100. The predicted molar refractivity (Wildman–Crippen MR) is 129 cm³/mol. The number of aromatic nitrogens is 2. The van der Waals surface area contributed by atoms with Crippen molar-refractivity contribution in [3.05, 3.63) is 63.6 Å². The summed E-state index contributed by atoms with van der Waals surface area (Å²) in [7, 11) is 0. The lowest BCUT2D eigenvalue weighted by molar-refractivity contribution is -0.118. The van der Waals surface area contributed by atoms with Crippen LogP contribution in [0.15, 0.2) is 48.5 Å². The summed E-state index contributed by atoms with van der Waals surface area (Å²) in [6.07, 6.45) is 3.64. The summed E-state index contributed by atoms with van der Waals surface area (Å²) in [6, 6.07) is 14.3. The Morgan fingerprint density at radius 1 is 0.938 bits per heavy atom. The molecule has 1 N–H and O–H groups in total. The number of anilines is 2. The van der Waals surface area contributed by atoms with Crippen molar-refractivity contribution in [2.24, 2.45) is 0 Å². The van der Waals surface area contributed by atoms with E-state index in [-0.39, 0.29) is 23.3 Å². The number of rotatable bonds is 6. The number of hydrogen-bond acceptors (Lipinski definition) is 5. The van der Waals surface area contributed by atoms with Gasteiger partial charge < -0.3 is 15.0 Å². The van der Waals surface area contributed by atoms with Crippen LogP contribution in [0.3, 0.4) is 0 Å². The van der Waals surface area contributed by atoms with Crippen molar-refractivity contribution in [3.63, 3.8) is 0 Å². The number of hydrogen-bond donors (Lipinski definition) is 1. The molecule has 4 rings (SSSR count). The largest absolute Gasteiger partial charge is 0.482 e. The molecule has 1 amide bonds. The maximum absolute atomic E-state index is 12.3. The summed E-state index contributed by atoms with van der Waals surface area (Å²) in [5.74, 6) is 0.848. The fourth-order valence-corrected chi connectivity index (χ4v) is 4.07. The third kappa shape index (κ3) is 5.63. The number of ether oxygens (including phenoxy) is 1. The number of carbonyl (C=O) groups is 1. The van der Waals surface area contributed by atoms with Crippen LogP contribution in [-0.4, -0.2) is 35.8 Å². The first-order valence-corrected chi connectivity index (χ1v) is 11.4. The number of nitrogens with one attached hydrogen (secondary N) is 1. The van der Waals surface area contributed by atoms with Crippen molar-refractivity contribution in [2.75, 3.05) is 29.9 Å². The number of carbonyl (C=O) groups excluding carboxylic acids is 1. The number of amides is 1. The van der Waals surface area contributed by atoms with Crippen LogP contribution in [0.5, 0.6) is 5.75 Å². The van der Waals surface area contributed by atoms with Gasteiger partial charge in [-0.05, 0) is 49.6 Å². The highest BCUT2D eigenvalue weighted by Gasteiger charge is 2.13. The number of piperidine rings is 1. The van der Waals surface area contributed by atoms with Gasteiger partial charge in [0.1, 0.15) is 5.75 Å². The van der Waals surface area contributed by atoms with Gasteiger partial charge in [-0.2, -0.15) is 0 Å². The first-order chi connectivity index (χ1) is 15.5. The summed E-state index contributed by atoms with van der Waals surface area (Å²) in [4.78, 5) is 14.6. The highest BCUT2D eigenvalue weighted by molar-refractivity contribution is 6.43. The van der Waals surface area contributed by atoms with Gasteiger partial charge in [0.05, 0.1) is 20.8 Å². The van der Waals surface area contributed by atoms with E-state index < -0.39 is 0 Å². The van der Waals surface area contributed by atoms with Crippen LogP contribution in [-0.2, 0) is 4.79 Å². The van der Waals surface area contributed by atoms with E-state index in [9.17, 15) is 4.79 Å². The molecule has 0 unspecified atom stereocenters. The Labute approximate surface area is 201 Å². The van der Waals surface area contributed by atoms with Gasteiger partial charge >= 0.3 is 0 Å². The molecular formula is C23H21Cl3N4O2. The van der Waals surface area contributed by atoms with Crippen molar-refractivity contribution in [3.8, 4) is 17.0 Å². The Morgan fingerprint density at radius 3 is 2.47 bits per heavy atom. The normalized spacial score (nSPS) is 13.7. The molecule has 166 valence electrons. The lowest BCUT2D eigenvalue weighted by atomic mass is 10.1. The van der Waals surface area contributed by atoms with E-state index in [0.29, 0.717) is 15.7 Å². The molecule has 0 saturated carbocycles. The zero-order valence-electron chi connectivity index (χ0n) is 17.2. The summed E-state index contributed by atoms with van der Waals surface area (Å²) in [5, 5.41) is 12.5. The fraction of sp³-hybridized carbons (Fsp3) is 0.261. The third-order valence-corrected chi connectivity index (χ3v) is 6.12. The van der Waals surface area contributed by atoms with Crippen LogP contribution in [0.25, 0.3) is 11.3 Å². The molecule has 3 aromatic rings. The average molecular weight is 492 g/mol. The summed E-state index contributed by atoms with van der Waals surface area (Å²) in [6.45, 7) is 1.81. The lowest BCUT2D eigenvalue weighted by Gasteiger charge is -2.27. The molecule has 0 aliphatic carbocycles. The molecule has 2 heterocycles. The fourth-order valence-electron chi connectivity index (χ4n) is 3.48. The molecule has 2 aromatic carbocycles. The van der Waals surface area contributed by atoms with Crippen LogP contribution < -0.4 is 15.0 Å². The lowest BCUT2D eigenvalue weighted by Crippen LogP contribution is -2.30. The zero-order chi connectivity index (χ0) is 22.5. The number of benzene rings is 2. The average Bonchev–Trinajstić information content (AvgIpc) is 2.81. The summed E-state index contributed by atoms with van der Waals surface area (Å²) >= 11 is 18.0. The molecule has 1 fully saturated rings. The minimum Gasteiger partial charge on any atom is -0.482 e. The molecular weight excluding hydrogens is 471 g/mol. The van der Waals surface area contributed by atoms with E-state index in [1.54, 1.807) is 6.07 Å². The topological polar surface area (TPSA) is 67.3 Å².